The van der Waals surface area contributed by atoms with E-state index >= 15 is 0 Å². The molecule has 2 heterocycles. The molecule has 1 fully saturated rings. The first-order chi connectivity index (χ1) is 9.08. The van der Waals surface area contributed by atoms with Crippen LogP contribution in [0.25, 0.3) is 0 Å². The molecule has 102 valence electrons. The number of rotatable bonds is 4. The van der Waals surface area contributed by atoms with Gasteiger partial charge in [-0.1, -0.05) is 18.5 Å². The first-order valence-electron chi connectivity index (χ1n) is 6.32. The Morgan fingerprint density at radius 3 is 3.00 bits per heavy atom. The van der Waals surface area contributed by atoms with Crippen LogP contribution in [-0.2, 0) is 11.2 Å². The van der Waals surface area contributed by atoms with Gasteiger partial charge in [0.1, 0.15) is 5.15 Å². The van der Waals surface area contributed by atoms with Gasteiger partial charge in [0.15, 0.2) is 0 Å². The van der Waals surface area contributed by atoms with Gasteiger partial charge >= 0.3 is 0 Å². The number of pyridine rings is 1. The van der Waals surface area contributed by atoms with Crippen LogP contribution in [0.1, 0.15) is 35.8 Å². The Hall–Kier alpha value is -1.62. The number of aryl methyl sites for hydroxylation is 1. The normalized spacial score (nSPS) is 18.2. The first kappa shape index (κ1) is 13.8. The molecule has 1 aliphatic heterocycles. The molecule has 0 bridgehead atoms. The molecule has 2 amide bonds. The minimum absolute atomic E-state index is 0.0272. The number of nitrogens with one attached hydrogen (secondary N) is 2. The average Bonchev–Trinajstić information content (AvgIpc) is 2.81. The molecular formula is C13H16ClN3O2. The van der Waals surface area contributed by atoms with Gasteiger partial charge in [0.2, 0.25) is 5.91 Å². The molecule has 0 aliphatic carbocycles. The highest BCUT2D eigenvalue weighted by Gasteiger charge is 2.21. The van der Waals surface area contributed by atoms with E-state index in [2.05, 4.69) is 15.6 Å². The van der Waals surface area contributed by atoms with E-state index < -0.39 is 0 Å². The maximum atomic E-state index is 12.0. The summed E-state index contributed by atoms with van der Waals surface area (Å²) in [5.74, 6) is -0.153. The second-order valence-electron chi connectivity index (χ2n) is 4.54. The molecule has 2 rings (SSSR count). The standard InChI is InChI=1S/C13H16ClN3O2/c1-2-9-5-8(6-11(14)16-9)13(19)15-7-10-3-4-12(18)17-10/h5-6,10H,2-4,7H2,1H3,(H,15,19)(H,17,18). The molecular weight excluding hydrogens is 266 g/mol. The highest BCUT2D eigenvalue weighted by Crippen LogP contribution is 2.12. The van der Waals surface area contributed by atoms with Crippen LogP contribution in [0, 0.1) is 0 Å². The Kier molecular flexibility index (Phi) is 4.37. The number of carbonyl (C=O) groups is 2. The quantitative estimate of drug-likeness (QED) is 0.818. The summed E-state index contributed by atoms with van der Waals surface area (Å²) in [5, 5.41) is 5.92. The predicted molar refractivity (Wildman–Crippen MR) is 72.1 cm³/mol. The van der Waals surface area contributed by atoms with Crippen LogP contribution in [0.5, 0.6) is 0 Å². The number of nitrogens with zero attached hydrogens (tertiary/aromatic N) is 1. The fourth-order valence-electron chi connectivity index (χ4n) is 2.01. The van der Waals surface area contributed by atoms with Crippen LogP contribution in [-0.4, -0.2) is 29.4 Å². The van der Waals surface area contributed by atoms with E-state index in [9.17, 15) is 9.59 Å². The van der Waals surface area contributed by atoms with Crippen molar-refractivity contribution in [3.05, 3.63) is 28.5 Å². The van der Waals surface area contributed by atoms with Crippen LogP contribution >= 0.6 is 11.6 Å². The maximum absolute atomic E-state index is 12.0. The number of carbonyl (C=O) groups excluding carboxylic acids is 2. The van der Waals surface area contributed by atoms with Gasteiger partial charge in [-0.25, -0.2) is 4.98 Å². The fourth-order valence-corrected chi connectivity index (χ4v) is 2.24. The Balaban J connectivity index is 1.96. The fraction of sp³-hybridized carbons (Fsp3) is 0.462. The second-order valence-corrected chi connectivity index (χ2v) is 4.92. The van der Waals surface area contributed by atoms with Gasteiger partial charge < -0.3 is 10.6 Å². The molecule has 0 saturated carbocycles. The molecule has 1 aromatic rings. The van der Waals surface area contributed by atoms with E-state index in [0.717, 1.165) is 18.5 Å². The van der Waals surface area contributed by atoms with E-state index in [4.69, 9.17) is 11.6 Å². The number of amides is 2. The van der Waals surface area contributed by atoms with Crippen molar-refractivity contribution in [2.75, 3.05) is 6.54 Å². The zero-order valence-electron chi connectivity index (χ0n) is 10.7. The Morgan fingerprint density at radius 2 is 2.37 bits per heavy atom. The van der Waals surface area contributed by atoms with Gasteiger partial charge in [0.25, 0.3) is 5.91 Å². The molecule has 1 aromatic heterocycles. The molecule has 0 spiro atoms. The van der Waals surface area contributed by atoms with E-state index in [1.54, 1.807) is 12.1 Å². The van der Waals surface area contributed by atoms with Gasteiger partial charge in [0, 0.05) is 30.3 Å². The molecule has 1 unspecified atom stereocenters. The summed E-state index contributed by atoms with van der Waals surface area (Å²) in [7, 11) is 0. The number of aromatic nitrogens is 1. The Labute approximate surface area is 116 Å². The van der Waals surface area contributed by atoms with Gasteiger partial charge in [-0.05, 0) is 25.0 Å². The Bertz CT molecular complexity index is 505. The van der Waals surface area contributed by atoms with Crippen molar-refractivity contribution in [2.24, 2.45) is 0 Å². The van der Waals surface area contributed by atoms with Gasteiger partial charge in [-0.15, -0.1) is 0 Å². The third-order valence-corrected chi connectivity index (χ3v) is 3.26. The Morgan fingerprint density at radius 1 is 1.58 bits per heavy atom. The van der Waals surface area contributed by atoms with E-state index in [-0.39, 0.29) is 17.9 Å². The minimum atomic E-state index is -0.194. The second kappa shape index (κ2) is 6.02. The monoisotopic (exact) mass is 281 g/mol. The highest BCUT2D eigenvalue weighted by atomic mass is 35.5. The van der Waals surface area contributed by atoms with Crippen molar-refractivity contribution in [2.45, 2.75) is 32.2 Å². The third-order valence-electron chi connectivity index (χ3n) is 3.07. The molecule has 5 nitrogen and oxygen atoms in total. The van der Waals surface area contributed by atoms with Gasteiger partial charge in [0.05, 0.1) is 0 Å². The third kappa shape index (κ3) is 3.67. The van der Waals surface area contributed by atoms with Crippen LogP contribution in [0.15, 0.2) is 12.1 Å². The SMILES string of the molecule is CCc1cc(C(=O)NCC2CCC(=O)N2)cc(Cl)n1. The molecule has 0 radical (unpaired) electrons. The summed E-state index contributed by atoms with van der Waals surface area (Å²) in [6, 6.07) is 3.30. The predicted octanol–water partition coefficient (Wildman–Crippen LogP) is 1.31. The topological polar surface area (TPSA) is 71.1 Å². The van der Waals surface area contributed by atoms with Crippen LogP contribution in [0.3, 0.4) is 0 Å². The largest absolute Gasteiger partial charge is 0.352 e. The van der Waals surface area contributed by atoms with Crippen molar-refractivity contribution < 1.29 is 9.59 Å². The molecule has 1 aliphatic rings. The zero-order valence-corrected chi connectivity index (χ0v) is 11.5. The van der Waals surface area contributed by atoms with Crippen LogP contribution in [0.2, 0.25) is 5.15 Å². The van der Waals surface area contributed by atoms with Gasteiger partial charge in [-0.3, -0.25) is 9.59 Å². The number of halogens is 1. The lowest BCUT2D eigenvalue weighted by Gasteiger charge is -2.11. The number of hydrogen-bond donors (Lipinski definition) is 2. The summed E-state index contributed by atoms with van der Waals surface area (Å²) in [6.45, 7) is 2.39. The molecule has 2 N–H and O–H groups in total. The van der Waals surface area contributed by atoms with Crippen molar-refractivity contribution in [3.63, 3.8) is 0 Å². The van der Waals surface area contributed by atoms with E-state index in [1.807, 2.05) is 6.92 Å². The van der Waals surface area contributed by atoms with Crippen molar-refractivity contribution in [1.82, 2.24) is 15.6 Å². The molecule has 0 aromatic carbocycles. The summed E-state index contributed by atoms with van der Waals surface area (Å²) in [5.41, 5.74) is 1.29. The van der Waals surface area contributed by atoms with Crippen LogP contribution in [0.4, 0.5) is 0 Å². The van der Waals surface area contributed by atoms with E-state index in [0.29, 0.717) is 23.7 Å². The average molecular weight is 282 g/mol. The smallest absolute Gasteiger partial charge is 0.251 e. The summed E-state index contributed by atoms with van der Waals surface area (Å²) in [6.07, 6.45) is 2.01. The molecule has 1 saturated heterocycles. The van der Waals surface area contributed by atoms with Crippen molar-refractivity contribution in [3.8, 4) is 0 Å². The van der Waals surface area contributed by atoms with E-state index in [1.165, 1.54) is 0 Å². The van der Waals surface area contributed by atoms with Crippen molar-refractivity contribution >= 4 is 23.4 Å². The maximum Gasteiger partial charge on any atom is 0.251 e. The molecule has 19 heavy (non-hydrogen) atoms. The lowest BCUT2D eigenvalue weighted by Crippen LogP contribution is -2.38. The van der Waals surface area contributed by atoms with Crippen LogP contribution < -0.4 is 10.6 Å². The lowest BCUT2D eigenvalue weighted by atomic mass is 10.2. The summed E-state index contributed by atoms with van der Waals surface area (Å²) < 4.78 is 0. The van der Waals surface area contributed by atoms with Gasteiger partial charge in [-0.2, -0.15) is 0 Å². The highest BCUT2D eigenvalue weighted by molar-refractivity contribution is 6.29. The lowest BCUT2D eigenvalue weighted by molar-refractivity contribution is -0.119. The van der Waals surface area contributed by atoms with Crippen molar-refractivity contribution in [1.29, 1.82) is 0 Å². The number of hydrogen-bond acceptors (Lipinski definition) is 3. The molecule has 1 atom stereocenters. The summed E-state index contributed by atoms with van der Waals surface area (Å²) in [4.78, 5) is 27.2. The summed E-state index contributed by atoms with van der Waals surface area (Å²) >= 11 is 5.87. The molecule has 6 heteroatoms. The minimum Gasteiger partial charge on any atom is -0.352 e. The first-order valence-corrected chi connectivity index (χ1v) is 6.70. The zero-order chi connectivity index (χ0) is 13.8.